The summed E-state index contributed by atoms with van der Waals surface area (Å²) in [5.74, 6) is 1.11. The first-order valence-electron chi connectivity index (χ1n) is 6.22. The molecule has 0 radical (unpaired) electrons. The fraction of sp³-hybridized carbons (Fsp3) is 0.357. The zero-order valence-electron chi connectivity index (χ0n) is 11.1. The maximum atomic E-state index is 13.2. The van der Waals surface area contributed by atoms with Crippen LogP contribution in [0.5, 0.6) is 5.75 Å². The van der Waals surface area contributed by atoms with Crippen LogP contribution in [0.15, 0.2) is 30.6 Å². The number of aryl methyl sites for hydroxylation is 1. The lowest BCUT2D eigenvalue weighted by Gasteiger charge is -2.14. The first kappa shape index (κ1) is 13.5. The van der Waals surface area contributed by atoms with E-state index in [0.717, 1.165) is 11.4 Å². The fourth-order valence-corrected chi connectivity index (χ4v) is 1.90. The Balaban J connectivity index is 2.03. The summed E-state index contributed by atoms with van der Waals surface area (Å²) in [5.41, 5.74) is 6.64. The molecule has 0 spiro atoms. The summed E-state index contributed by atoms with van der Waals surface area (Å²) in [5, 5.41) is 0. The van der Waals surface area contributed by atoms with E-state index in [1.807, 2.05) is 24.7 Å². The van der Waals surface area contributed by atoms with E-state index in [1.54, 1.807) is 12.3 Å². The first-order valence-corrected chi connectivity index (χ1v) is 6.22. The van der Waals surface area contributed by atoms with Gasteiger partial charge in [0.25, 0.3) is 0 Å². The number of nitrogens with zero attached hydrogens (tertiary/aromatic N) is 2. The lowest BCUT2D eigenvalue weighted by Crippen LogP contribution is -2.11. The average molecular weight is 263 g/mol. The monoisotopic (exact) mass is 263 g/mol. The second kappa shape index (κ2) is 5.84. The van der Waals surface area contributed by atoms with Crippen molar-refractivity contribution in [2.45, 2.75) is 19.4 Å². The Morgan fingerprint density at radius 3 is 2.89 bits per heavy atom. The van der Waals surface area contributed by atoms with E-state index < -0.39 is 0 Å². The molecule has 1 aromatic carbocycles. The molecule has 2 rings (SSSR count). The van der Waals surface area contributed by atoms with Crippen molar-refractivity contribution in [1.82, 2.24) is 9.55 Å². The zero-order chi connectivity index (χ0) is 13.8. The van der Waals surface area contributed by atoms with E-state index in [2.05, 4.69) is 4.98 Å². The maximum absolute atomic E-state index is 13.2. The van der Waals surface area contributed by atoms with Crippen LogP contribution in [-0.4, -0.2) is 16.2 Å². The molecule has 19 heavy (non-hydrogen) atoms. The van der Waals surface area contributed by atoms with Crippen molar-refractivity contribution in [3.05, 3.63) is 47.8 Å². The van der Waals surface area contributed by atoms with Gasteiger partial charge in [0, 0.05) is 43.5 Å². The van der Waals surface area contributed by atoms with Crippen molar-refractivity contribution < 1.29 is 9.13 Å². The highest BCUT2D eigenvalue weighted by Gasteiger charge is 2.10. The minimum atomic E-state index is -0.323. The van der Waals surface area contributed by atoms with Crippen LogP contribution >= 0.6 is 0 Å². The fourth-order valence-electron chi connectivity index (χ4n) is 1.90. The molecule has 0 aliphatic rings. The Labute approximate surface area is 112 Å². The highest BCUT2D eigenvalue weighted by atomic mass is 19.1. The van der Waals surface area contributed by atoms with E-state index in [4.69, 9.17) is 10.5 Å². The summed E-state index contributed by atoms with van der Waals surface area (Å²) < 4.78 is 20.8. The number of halogens is 1. The van der Waals surface area contributed by atoms with Crippen LogP contribution in [0.3, 0.4) is 0 Å². The van der Waals surface area contributed by atoms with Gasteiger partial charge in [0.05, 0.1) is 6.61 Å². The molecular formula is C14H18FN3O. The summed E-state index contributed by atoms with van der Waals surface area (Å²) in [6.07, 6.45) is 4.29. The molecule has 1 aromatic heterocycles. The van der Waals surface area contributed by atoms with Crippen LogP contribution in [0, 0.1) is 5.82 Å². The number of hydrogen-bond acceptors (Lipinski definition) is 3. The van der Waals surface area contributed by atoms with Gasteiger partial charge >= 0.3 is 0 Å². The van der Waals surface area contributed by atoms with Gasteiger partial charge in [-0.2, -0.15) is 0 Å². The number of nitrogens with two attached hydrogens (primary N) is 1. The van der Waals surface area contributed by atoms with Gasteiger partial charge in [-0.1, -0.05) is 6.07 Å². The summed E-state index contributed by atoms with van der Waals surface area (Å²) in [7, 11) is 1.93. The molecular weight excluding hydrogens is 245 g/mol. The van der Waals surface area contributed by atoms with Gasteiger partial charge in [0.1, 0.15) is 17.4 Å². The number of ether oxygens (including phenoxy) is 1. The molecule has 1 unspecified atom stereocenters. The van der Waals surface area contributed by atoms with Crippen molar-refractivity contribution in [3.63, 3.8) is 0 Å². The molecule has 0 bridgehead atoms. The normalized spacial score (nSPS) is 12.4. The predicted molar refractivity (Wildman–Crippen MR) is 71.4 cm³/mol. The van der Waals surface area contributed by atoms with Gasteiger partial charge in [0.15, 0.2) is 0 Å². The third-order valence-electron chi connectivity index (χ3n) is 2.97. The van der Waals surface area contributed by atoms with Crippen LogP contribution in [0.4, 0.5) is 4.39 Å². The Kier molecular flexibility index (Phi) is 4.16. The molecule has 0 amide bonds. The van der Waals surface area contributed by atoms with E-state index >= 15 is 0 Å². The molecule has 5 heteroatoms. The molecule has 1 atom stereocenters. The van der Waals surface area contributed by atoms with Crippen LogP contribution in [0.2, 0.25) is 0 Å². The van der Waals surface area contributed by atoms with Gasteiger partial charge in [-0.05, 0) is 13.0 Å². The molecule has 2 aromatic rings. The number of aromatic nitrogens is 2. The molecule has 2 N–H and O–H groups in total. The Bertz CT molecular complexity index is 551. The first-order chi connectivity index (χ1) is 9.08. The van der Waals surface area contributed by atoms with E-state index in [-0.39, 0.29) is 11.9 Å². The molecule has 0 fully saturated rings. The van der Waals surface area contributed by atoms with Crippen LogP contribution in [0.1, 0.15) is 24.4 Å². The summed E-state index contributed by atoms with van der Waals surface area (Å²) in [4.78, 5) is 4.21. The molecule has 0 aliphatic heterocycles. The smallest absolute Gasteiger partial charge is 0.126 e. The maximum Gasteiger partial charge on any atom is 0.126 e. The van der Waals surface area contributed by atoms with Gasteiger partial charge in [-0.25, -0.2) is 9.37 Å². The van der Waals surface area contributed by atoms with Gasteiger partial charge in [0.2, 0.25) is 0 Å². The number of hydrogen-bond donors (Lipinski definition) is 1. The number of rotatable bonds is 5. The van der Waals surface area contributed by atoms with Crippen molar-refractivity contribution in [1.29, 1.82) is 0 Å². The van der Waals surface area contributed by atoms with Gasteiger partial charge in [-0.15, -0.1) is 0 Å². The Hall–Kier alpha value is -1.88. The van der Waals surface area contributed by atoms with E-state index in [0.29, 0.717) is 18.8 Å². The second-order valence-corrected chi connectivity index (χ2v) is 4.52. The minimum absolute atomic E-state index is 0.191. The SMILES string of the molecule is CC(N)c1ccc(F)cc1OCCc1nccn1C. The third-order valence-corrected chi connectivity index (χ3v) is 2.97. The molecule has 0 saturated carbocycles. The minimum Gasteiger partial charge on any atom is -0.493 e. The lowest BCUT2D eigenvalue weighted by molar-refractivity contribution is 0.311. The summed E-state index contributed by atoms with van der Waals surface area (Å²) in [6.45, 7) is 2.28. The number of benzene rings is 1. The van der Waals surface area contributed by atoms with Crippen LogP contribution in [0.25, 0.3) is 0 Å². The van der Waals surface area contributed by atoms with Crippen molar-refractivity contribution in [3.8, 4) is 5.75 Å². The predicted octanol–water partition coefficient (Wildman–Crippen LogP) is 2.20. The zero-order valence-corrected chi connectivity index (χ0v) is 11.1. The molecule has 1 heterocycles. The van der Waals surface area contributed by atoms with E-state index in [9.17, 15) is 4.39 Å². The Morgan fingerprint density at radius 2 is 2.26 bits per heavy atom. The molecule has 4 nitrogen and oxygen atoms in total. The van der Waals surface area contributed by atoms with E-state index in [1.165, 1.54) is 12.1 Å². The van der Waals surface area contributed by atoms with Crippen molar-refractivity contribution in [2.24, 2.45) is 12.8 Å². The quantitative estimate of drug-likeness (QED) is 0.899. The van der Waals surface area contributed by atoms with Crippen molar-refractivity contribution in [2.75, 3.05) is 6.61 Å². The van der Waals surface area contributed by atoms with Crippen LogP contribution in [-0.2, 0) is 13.5 Å². The molecule has 0 saturated heterocycles. The second-order valence-electron chi connectivity index (χ2n) is 4.52. The van der Waals surface area contributed by atoms with Gasteiger partial charge in [-0.3, -0.25) is 0 Å². The summed E-state index contributed by atoms with van der Waals surface area (Å²) in [6, 6.07) is 4.24. The molecule has 0 aliphatic carbocycles. The van der Waals surface area contributed by atoms with Crippen LogP contribution < -0.4 is 10.5 Å². The topological polar surface area (TPSA) is 53.1 Å². The lowest BCUT2D eigenvalue weighted by atomic mass is 10.1. The Morgan fingerprint density at radius 1 is 1.47 bits per heavy atom. The third kappa shape index (κ3) is 3.32. The van der Waals surface area contributed by atoms with Crippen molar-refractivity contribution >= 4 is 0 Å². The largest absolute Gasteiger partial charge is 0.493 e. The highest BCUT2D eigenvalue weighted by Crippen LogP contribution is 2.24. The van der Waals surface area contributed by atoms with Gasteiger partial charge < -0.3 is 15.0 Å². The average Bonchev–Trinajstić information content (AvgIpc) is 2.75. The number of imidazole rings is 1. The molecule has 102 valence electrons. The standard InChI is InChI=1S/C14H18FN3O/c1-10(16)12-4-3-11(15)9-13(12)19-8-5-14-17-6-7-18(14)2/h3-4,6-7,9-10H,5,8,16H2,1-2H3. The highest BCUT2D eigenvalue weighted by molar-refractivity contribution is 5.36. The summed E-state index contributed by atoms with van der Waals surface area (Å²) >= 11 is 0.